The molecule has 0 aliphatic heterocycles. The lowest BCUT2D eigenvalue weighted by Gasteiger charge is -2.06. The Kier molecular flexibility index (Phi) is 3.62. The molecule has 1 N–H and O–H groups in total. The summed E-state index contributed by atoms with van der Waals surface area (Å²) in [5.74, 6) is 0.0159. The average Bonchev–Trinajstić information content (AvgIpc) is 3.09. The van der Waals surface area contributed by atoms with Crippen LogP contribution in [0.15, 0.2) is 22.6 Å². The fraction of sp³-hybridized carbons (Fsp3) is 0.294. The summed E-state index contributed by atoms with van der Waals surface area (Å²) in [5.41, 5.74) is 2.47. The zero-order valence-electron chi connectivity index (χ0n) is 12.6. The van der Waals surface area contributed by atoms with Crippen LogP contribution in [0.3, 0.4) is 0 Å². The first kappa shape index (κ1) is 14.7. The van der Waals surface area contributed by atoms with Crippen molar-refractivity contribution in [1.29, 1.82) is 0 Å². The molecule has 1 amide bonds. The number of amides is 1. The van der Waals surface area contributed by atoms with Crippen molar-refractivity contribution in [1.82, 2.24) is 4.98 Å². The van der Waals surface area contributed by atoms with Gasteiger partial charge in [0.05, 0.1) is 10.7 Å². The van der Waals surface area contributed by atoms with Gasteiger partial charge in [-0.15, -0.1) is 11.3 Å². The number of fused-ring (bicyclic) bond motifs is 2. The SMILES string of the molecule is Cc1c(C(=O)Nc2nc3c(s2)CCCC3)oc2c(Cl)cccc12. The molecule has 0 unspecified atom stereocenters. The molecule has 4 rings (SSSR count). The van der Waals surface area contributed by atoms with E-state index in [4.69, 9.17) is 16.0 Å². The van der Waals surface area contributed by atoms with Crippen molar-refractivity contribution in [3.05, 3.63) is 45.1 Å². The van der Waals surface area contributed by atoms with Crippen LogP contribution in [0.2, 0.25) is 5.02 Å². The summed E-state index contributed by atoms with van der Waals surface area (Å²) in [5, 5.41) is 4.89. The Morgan fingerprint density at radius 1 is 1.35 bits per heavy atom. The van der Waals surface area contributed by atoms with Crippen LogP contribution in [-0.4, -0.2) is 10.9 Å². The van der Waals surface area contributed by atoms with Crippen molar-refractivity contribution in [3.63, 3.8) is 0 Å². The molecule has 2 heterocycles. The molecule has 6 heteroatoms. The summed E-state index contributed by atoms with van der Waals surface area (Å²) in [6.45, 7) is 1.87. The van der Waals surface area contributed by atoms with Crippen molar-refractivity contribution in [2.75, 3.05) is 5.32 Å². The number of rotatable bonds is 2. The normalized spacial score (nSPS) is 14.0. The maximum Gasteiger partial charge on any atom is 0.293 e. The van der Waals surface area contributed by atoms with E-state index in [0.717, 1.165) is 29.5 Å². The second-order valence-electron chi connectivity index (χ2n) is 5.72. The zero-order valence-corrected chi connectivity index (χ0v) is 14.2. The predicted octanol–water partition coefficient (Wildman–Crippen LogP) is 4.98. The average molecular weight is 347 g/mol. The Morgan fingerprint density at radius 2 is 2.17 bits per heavy atom. The molecule has 118 valence electrons. The van der Waals surface area contributed by atoms with Crippen LogP contribution in [0.5, 0.6) is 0 Å². The molecular formula is C17H15ClN2O2S. The molecule has 0 saturated carbocycles. The fourth-order valence-electron chi connectivity index (χ4n) is 2.98. The fourth-order valence-corrected chi connectivity index (χ4v) is 4.24. The van der Waals surface area contributed by atoms with Crippen LogP contribution in [0.4, 0.5) is 5.13 Å². The minimum atomic E-state index is -0.277. The van der Waals surface area contributed by atoms with Crippen LogP contribution >= 0.6 is 22.9 Å². The number of halogens is 1. The van der Waals surface area contributed by atoms with Crippen LogP contribution in [0, 0.1) is 6.92 Å². The highest BCUT2D eigenvalue weighted by Gasteiger charge is 2.21. The van der Waals surface area contributed by atoms with E-state index in [0.29, 0.717) is 21.5 Å². The number of nitrogens with zero attached hydrogens (tertiary/aromatic N) is 1. The van der Waals surface area contributed by atoms with E-state index < -0.39 is 0 Å². The van der Waals surface area contributed by atoms with Gasteiger partial charge in [0.25, 0.3) is 5.91 Å². The molecular weight excluding hydrogens is 332 g/mol. The van der Waals surface area contributed by atoms with Crippen LogP contribution < -0.4 is 5.32 Å². The molecule has 0 saturated heterocycles. The van der Waals surface area contributed by atoms with E-state index in [1.807, 2.05) is 19.1 Å². The van der Waals surface area contributed by atoms with E-state index in [9.17, 15) is 4.79 Å². The van der Waals surface area contributed by atoms with E-state index in [-0.39, 0.29) is 5.91 Å². The van der Waals surface area contributed by atoms with Crippen LogP contribution in [-0.2, 0) is 12.8 Å². The van der Waals surface area contributed by atoms with Gasteiger partial charge in [-0.05, 0) is 38.7 Å². The van der Waals surface area contributed by atoms with E-state index in [1.54, 1.807) is 17.4 Å². The number of anilines is 1. The highest BCUT2D eigenvalue weighted by atomic mass is 35.5. The van der Waals surface area contributed by atoms with E-state index in [2.05, 4.69) is 10.3 Å². The molecule has 3 aromatic rings. The van der Waals surface area contributed by atoms with Crippen LogP contribution in [0.25, 0.3) is 11.0 Å². The molecule has 1 aliphatic rings. The summed E-state index contributed by atoms with van der Waals surface area (Å²) < 4.78 is 5.70. The maximum atomic E-state index is 12.5. The number of thiazole rings is 1. The smallest absolute Gasteiger partial charge is 0.293 e. The minimum absolute atomic E-state index is 0.277. The van der Waals surface area contributed by atoms with Gasteiger partial charge in [-0.25, -0.2) is 4.98 Å². The number of hydrogen-bond donors (Lipinski definition) is 1. The van der Waals surface area contributed by atoms with Gasteiger partial charge in [0.15, 0.2) is 16.5 Å². The molecule has 1 aromatic carbocycles. The first-order valence-electron chi connectivity index (χ1n) is 7.61. The van der Waals surface area contributed by atoms with Gasteiger partial charge in [-0.3, -0.25) is 10.1 Å². The second kappa shape index (κ2) is 5.65. The summed E-state index contributed by atoms with van der Waals surface area (Å²) >= 11 is 7.70. The lowest BCUT2D eigenvalue weighted by atomic mass is 10.0. The molecule has 23 heavy (non-hydrogen) atoms. The highest BCUT2D eigenvalue weighted by Crippen LogP contribution is 2.33. The Bertz CT molecular complexity index is 889. The summed E-state index contributed by atoms with van der Waals surface area (Å²) in [6.07, 6.45) is 4.43. The Labute approximate surface area is 142 Å². The Balaban J connectivity index is 1.65. The van der Waals surface area contributed by atoms with Crippen molar-refractivity contribution in [2.45, 2.75) is 32.6 Å². The molecule has 0 fully saturated rings. The molecule has 0 atom stereocenters. The quantitative estimate of drug-likeness (QED) is 0.711. The summed E-state index contributed by atoms with van der Waals surface area (Å²) in [6, 6.07) is 5.51. The van der Waals surface area contributed by atoms with Gasteiger partial charge in [-0.1, -0.05) is 23.7 Å². The standard InChI is InChI=1S/C17H15ClN2O2S/c1-9-10-5-4-6-11(18)15(10)22-14(9)16(21)20-17-19-12-7-2-3-8-13(12)23-17/h4-6H,2-3,7-8H2,1H3,(H,19,20,21). The van der Waals surface area contributed by atoms with Gasteiger partial charge < -0.3 is 4.42 Å². The number of aryl methyl sites for hydroxylation is 3. The highest BCUT2D eigenvalue weighted by molar-refractivity contribution is 7.15. The van der Waals surface area contributed by atoms with Crippen LogP contribution in [0.1, 0.15) is 39.5 Å². The van der Waals surface area contributed by atoms with Crippen molar-refractivity contribution < 1.29 is 9.21 Å². The molecule has 4 nitrogen and oxygen atoms in total. The Morgan fingerprint density at radius 3 is 2.96 bits per heavy atom. The third kappa shape index (κ3) is 2.54. The zero-order chi connectivity index (χ0) is 16.0. The number of benzene rings is 1. The van der Waals surface area contributed by atoms with E-state index >= 15 is 0 Å². The first-order valence-corrected chi connectivity index (χ1v) is 8.80. The lowest BCUT2D eigenvalue weighted by Crippen LogP contribution is -2.12. The third-order valence-corrected chi connectivity index (χ3v) is 5.56. The van der Waals surface area contributed by atoms with Gasteiger partial charge in [0.2, 0.25) is 0 Å². The van der Waals surface area contributed by atoms with Gasteiger partial charge in [0, 0.05) is 15.8 Å². The summed E-state index contributed by atoms with van der Waals surface area (Å²) in [4.78, 5) is 18.4. The number of carbonyl (C=O) groups is 1. The monoisotopic (exact) mass is 346 g/mol. The topological polar surface area (TPSA) is 55.1 Å². The molecule has 0 bridgehead atoms. The van der Waals surface area contributed by atoms with Gasteiger partial charge >= 0.3 is 0 Å². The first-order chi connectivity index (χ1) is 11.1. The number of furan rings is 1. The second-order valence-corrected chi connectivity index (χ2v) is 7.21. The number of carbonyl (C=O) groups excluding carboxylic acids is 1. The van der Waals surface area contributed by atoms with Crippen molar-refractivity contribution in [3.8, 4) is 0 Å². The van der Waals surface area contributed by atoms with E-state index in [1.165, 1.54) is 17.7 Å². The minimum Gasteiger partial charge on any atom is -0.449 e. The number of hydrogen-bond acceptors (Lipinski definition) is 4. The number of para-hydroxylation sites is 1. The van der Waals surface area contributed by atoms with Gasteiger partial charge in [-0.2, -0.15) is 0 Å². The molecule has 2 aromatic heterocycles. The van der Waals surface area contributed by atoms with Crippen molar-refractivity contribution >= 4 is 44.9 Å². The predicted molar refractivity (Wildman–Crippen MR) is 92.7 cm³/mol. The largest absolute Gasteiger partial charge is 0.449 e. The molecule has 0 spiro atoms. The Hall–Kier alpha value is -1.85. The number of nitrogens with one attached hydrogen (secondary N) is 1. The summed E-state index contributed by atoms with van der Waals surface area (Å²) in [7, 11) is 0. The molecule has 0 radical (unpaired) electrons. The number of aromatic nitrogens is 1. The molecule has 1 aliphatic carbocycles. The van der Waals surface area contributed by atoms with Gasteiger partial charge in [0.1, 0.15) is 0 Å². The lowest BCUT2D eigenvalue weighted by molar-refractivity contribution is 0.0998. The maximum absolute atomic E-state index is 12.5. The van der Waals surface area contributed by atoms with Crippen molar-refractivity contribution in [2.24, 2.45) is 0 Å². The third-order valence-electron chi connectivity index (χ3n) is 4.19.